The highest BCUT2D eigenvalue weighted by atomic mass is 16.6. The second kappa shape index (κ2) is 6.35. The van der Waals surface area contributed by atoms with Crippen LogP contribution in [-0.2, 0) is 14.3 Å². The van der Waals surface area contributed by atoms with Crippen LogP contribution in [0.15, 0.2) is 12.2 Å². The van der Waals surface area contributed by atoms with E-state index in [4.69, 9.17) is 4.74 Å². The van der Waals surface area contributed by atoms with Crippen LogP contribution in [0, 0.1) is 56.7 Å². The normalized spacial score (nSPS) is 56.3. The maximum Gasteiger partial charge on any atom is 0.309 e. The van der Waals surface area contributed by atoms with E-state index in [2.05, 4.69) is 48.1 Å². The van der Waals surface area contributed by atoms with Crippen LogP contribution in [-0.4, -0.2) is 17.9 Å². The lowest BCUT2D eigenvalue weighted by Gasteiger charge is -2.72. The number of carbonyl (C=O) groups is 2. The maximum atomic E-state index is 12.9. The van der Waals surface area contributed by atoms with Gasteiger partial charge in [0.25, 0.3) is 0 Å². The van der Waals surface area contributed by atoms with Crippen molar-refractivity contribution in [2.24, 2.45) is 56.7 Å². The summed E-state index contributed by atoms with van der Waals surface area (Å²) in [4.78, 5) is 25.8. The number of hydrogen-bond donors (Lipinski definition) is 0. The molecule has 0 spiro atoms. The van der Waals surface area contributed by atoms with Crippen molar-refractivity contribution < 1.29 is 14.3 Å². The molecule has 3 nitrogen and oxygen atoms in total. The van der Waals surface area contributed by atoms with Crippen molar-refractivity contribution in [3.05, 3.63) is 12.2 Å². The Morgan fingerprint density at radius 3 is 2.33 bits per heavy atom. The van der Waals surface area contributed by atoms with E-state index >= 15 is 0 Å². The fourth-order valence-electron chi connectivity index (χ4n) is 11.8. The highest BCUT2D eigenvalue weighted by Gasteiger charge is 2.75. The maximum absolute atomic E-state index is 12.9. The van der Waals surface area contributed by atoms with Crippen LogP contribution in [0.2, 0.25) is 0 Å². The summed E-state index contributed by atoms with van der Waals surface area (Å²) in [7, 11) is 0. The standard InChI is InChI=1S/C30H44O3/c1-17(2)30-15-14-28(6)19(24(30)18-16-23(30)33-25(18)32)8-9-21-27(5)12-11-22(31)26(3,4)20(27)10-13-29(21,28)7/h18-21,23-24H,1,8-16H2,2-7H3/t18-,19-,20+,21-,23+,24-,27-,28+,29+,30+/m0/s1. The second-order valence-electron chi connectivity index (χ2n) is 14.4. The van der Waals surface area contributed by atoms with Crippen molar-refractivity contribution >= 4 is 11.8 Å². The van der Waals surface area contributed by atoms with Crippen molar-refractivity contribution in [3.8, 4) is 0 Å². The van der Waals surface area contributed by atoms with Crippen molar-refractivity contribution in [1.82, 2.24) is 0 Å². The Balaban J connectivity index is 1.42. The first kappa shape index (κ1) is 22.4. The first-order chi connectivity index (χ1) is 15.3. The Morgan fingerprint density at radius 1 is 0.909 bits per heavy atom. The zero-order valence-corrected chi connectivity index (χ0v) is 21.8. The number of rotatable bonds is 1. The van der Waals surface area contributed by atoms with Crippen LogP contribution in [0.25, 0.3) is 0 Å². The van der Waals surface area contributed by atoms with Gasteiger partial charge in [-0.3, -0.25) is 9.59 Å². The third kappa shape index (κ3) is 2.30. The van der Waals surface area contributed by atoms with E-state index in [1.165, 1.54) is 37.7 Å². The average Bonchev–Trinajstić information content (AvgIpc) is 3.27. The minimum absolute atomic E-state index is 0.00625. The van der Waals surface area contributed by atoms with Crippen molar-refractivity contribution in [2.75, 3.05) is 0 Å². The molecule has 33 heavy (non-hydrogen) atoms. The number of carbonyl (C=O) groups excluding carboxylic acids is 2. The molecule has 0 aromatic heterocycles. The molecule has 1 heterocycles. The fraction of sp³-hybridized carbons (Fsp3) is 0.867. The van der Waals surface area contributed by atoms with Gasteiger partial charge in [-0.05, 0) is 98.2 Å². The molecule has 3 heteroatoms. The lowest BCUT2D eigenvalue weighted by Crippen LogP contribution is -2.67. The van der Waals surface area contributed by atoms with Gasteiger partial charge in [0.1, 0.15) is 11.9 Å². The van der Waals surface area contributed by atoms with Crippen molar-refractivity contribution in [3.63, 3.8) is 0 Å². The number of esters is 1. The largest absolute Gasteiger partial charge is 0.461 e. The van der Waals surface area contributed by atoms with Crippen LogP contribution >= 0.6 is 0 Å². The number of fused-ring (bicyclic) bond motifs is 11. The number of Topliss-reactive ketones (excluding diaryl/α,β-unsaturated/α-hetero) is 1. The summed E-state index contributed by atoms with van der Waals surface area (Å²) in [5, 5.41) is 0. The highest BCUT2D eigenvalue weighted by Crippen LogP contribution is 2.78. The third-order valence-corrected chi connectivity index (χ3v) is 13.6. The molecule has 0 unspecified atom stereocenters. The van der Waals surface area contributed by atoms with Gasteiger partial charge in [-0.1, -0.05) is 46.8 Å². The van der Waals surface area contributed by atoms with Gasteiger partial charge < -0.3 is 4.74 Å². The van der Waals surface area contributed by atoms with Gasteiger partial charge in [-0.15, -0.1) is 0 Å². The fourth-order valence-corrected chi connectivity index (χ4v) is 11.8. The molecule has 2 bridgehead atoms. The summed E-state index contributed by atoms with van der Waals surface area (Å²) in [6.07, 6.45) is 10.0. The Bertz CT molecular complexity index is 948. The van der Waals surface area contributed by atoms with Gasteiger partial charge in [0, 0.05) is 17.3 Å². The molecule has 6 rings (SSSR count). The summed E-state index contributed by atoms with van der Waals surface area (Å²) < 4.78 is 5.93. The van der Waals surface area contributed by atoms with Gasteiger partial charge in [0.15, 0.2) is 0 Å². The van der Waals surface area contributed by atoms with Gasteiger partial charge in [0.05, 0.1) is 5.92 Å². The summed E-state index contributed by atoms with van der Waals surface area (Å²) in [6.45, 7) is 18.9. The van der Waals surface area contributed by atoms with Crippen LogP contribution in [0.5, 0.6) is 0 Å². The first-order valence-corrected chi connectivity index (χ1v) is 13.7. The molecule has 0 radical (unpaired) electrons. The minimum atomic E-state index is -0.192. The predicted molar refractivity (Wildman–Crippen MR) is 129 cm³/mol. The average molecular weight is 453 g/mol. The van der Waals surface area contributed by atoms with Crippen molar-refractivity contribution in [1.29, 1.82) is 0 Å². The predicted octanol–water partition coefficient (Wildman–Crippen LogP) is 6.75. The molecule has 5 saturated carbocycles. The Labute approximate surface area is 200 Å². The zero-order valence-electron chi connectivity index (χ0n) is 21.8. The number of ketones is 1. The summed E-state index contributed by atoms with van der Waals surface area (Å²) in [6, 6.07) is 0. The molecule has 1 saturated heterocycles. The van der Waals surface area contributed by atoms with E-state index < -0.39 is 0 Å². The Kier molecular flexibility index (Phi) is 4.30. The summed E-state index contributed by atoms with van der Waals surface area (Å²) >= 11 is 0. The molecule has 10 atom stereocenters. The third-order valence-electron chi connectivity index (χ3n) is 13.6. The highest BCUT2D eigenvalue weighted by molar-refractivity contribution is 5.85. The van der Waals surface area contributed by atoms with E-state index in [1.807, 2.05) is 0 Å². The second-order valence-corrected chi connectivity index (χ2v) is 14.4. The lowest BCUT2D eigenvalue weighted by molar-refractivity contribution is -0.242. The smallest absolute Gasteiger partial charge is 0.309 e. The lowest BCUT2D eigenvalue weighted by atomic mass is 9.32. The molecular weight excluding hydrogens is 408 g/mol. The van der Waals surface area contributed by atoms with Gasteiger partial charge in [0.2, 0.25) is 0 Å². The molecule has 0 aromatic rings. The molecule has 6 fully saturated rings. The molecule has 5 aliphatic carbocycles. The number of ether oxygens (including phenoxy) is 1. The summed E-state index contributed by atoms with van der Waals surface area (Å²) in [5.41, 5.74) is 1.82. The molecule has 1 aliphatic heterocycles. The van der Waals surface area contributed by atoms with Crippen LogP contribution in [0.1, 0.15) is 99.3 Å². The van der Waals surface area contributed by atoms with Crippen LogP contribution in [0.4, 0.5) is 0 Å². The summed E-state index contributed by atoms with van der Waals surface area (Å²) in [5.74, 6) is 2.78. The molecule has 0 aromatic carbocycles. The van der Waals surface area contributed by atoms with Gasteiger partial charge in [-0.25, -0.2) is 0 Å². The zero-order chi connectivity index (χ0) is 23.8. The van der Waals surface area contributed by atoms with Crippen LogP contribution < -0.4 is 0 Å². The van der Waals surface area contributed by atoms with Gasteiger partial charge >= 0.3 is 5.97 Å². The Hall–Kier alpha value is -1.12. The van der Waals surface area contributed by atoms with E-state index in [9.17, 15) is 9.59 Å². The SMILES string of the molecule is C=C(C)[C@@]12CC[C@]3(C)[C@@H](CC[C@H]4[C@@]5(C)CCC(=O)C(C)(C)[C@H]5CC[C@]43C)[C@@H]1[C@@H]1C[C@H]2OC1=O. The molecular formula is C30H44O3. The van der Waals surface area contributed by atoms with Gasteiger partial charge in [-0.2, -0.15) is 0 Å². The molecule has 0 N–H and O–H groups in total. The van der Waals surface area contributed by atoms with E-state index in [0.29, 0.717) is 29.5 Å². The quantitative estimate of drug-likeness (QED) is 0.326. The molecule has 0 amide bonds. The van der Waals surface area contributed by atoms with E-state index in [-0.39, 0.29) is 45.1 Å². The minimum Gasteiger partial charge on any atom is -0.461 e. The monoisotopic (exact) mass is 452 g/mol. The van der Waals surface area contributed by atoms with Crippen LogP contribution in [0.3, 0.4) is 0 Å². The molecule has 182 valence electrons. The topological polar surface area (TPSA) is 43.4 Å². The molecule has 6 aliphatic rings. The first-order valence-electron chi connectivity index (χ1n) is 13.7. The number of hydrogen-bond acceptors (Lipinski definition) is 3. The van der Waals surface area contributed by atoms with E-state index in [1.54, 1.807) is 0 Å². The Morgan fingerprint density at radius 2 is 1.64 bits per heavy atom. The van der Waals surface area contributed by atoms with Crippen molar-refractivity contribution in [2.45, 2.75) is 105 Å². The van der Waals surface area contributed by atoms with E-state index in [0.717, 1.165) is 25.7 Å².